The lowest BCUT2D eigenvalue weighted by molar-refractivity contribution is -0.201. The molecule has 10 atom stereocenters. The summed E-state index contributed by atoms with van der Waals surface area (Å²) in [6.45, 7) is 4.57. The molecule has 2 N–H and O–H groups in total. The van der Waals surface area contributed by atoms with Crippen LogP contribution < -0.4 is 5.32 Å². The maximum atomic E-state index is 14.3. The van der Waals surface area contributed by atoms with Crippen molar-refractivity contribution >= 4 is 11.9 Å². The third-order valence-corrected chi connectivity index (χ3v) is 8.59. The van der Waals surface area contributed by atoms with Gasteiger partial charge in [-0.3, -0.25) is 4.79 Å². The van der Waals surface area contributed by atoms with Crippen LogP contribution in [0.4, 0.5) is 4.39 Å². The maximum absolute atomic E-state index is 14.3. The highest BCUT2D eigenvalue weighted by molar-refractivity contribution is 5.87. The predicted octanol–water partition coefficient (Wildman–Crippen LogP) is 1.26. The first-order valence-corrected chi connectivity index (χ1v) is 10.9. The minimum atomic E-state index is -1.58. The number of piperidine rings is 2. The van der Waals surface area contributed by atoms with Gasteiger partial charge in [0.05, 0.1) is 5.92 Å². The molecule has 7 heteroatoms. The van der Waals surface area contributed by atoms with Crippen LogP contribution >= 0.6 is 0 Å². The fourth-order valence-electron chi connectivity index (χ4n) is 6.94. The van der Waals surface area contributed by atoms with Crippen LogP contribution in [0.2, 0.25) is 0 Å². The number of ether oxygens (including phenoxy) is 1. The lowest BCUT2D eigenvalue weighted by Gasteiger charge is -2.50. The number of cyclic esters (lactones) is 1. The summed E-state index contributed by atoms with van der Waals surface area (Å²) in [6, 6.07) is 0.272. The summed E-state index contributed by atoms with van der Waals surface area (Å²) in [5.74, 6) is -0.482. The van der Waals surface area contributed by atoms with Gasteiger partial charge >= 0.3 is 5.97 Å². The van der Waals surface area contributed by atoms with Crippen LogP contribution in [0.3, 0.4) is 0 Å². The number of alkyl halides is 1. The van der Waals surface area contributed by atoms with Gasteiger partial charge in [-0.1, -0.05) is 13.8 Å². The summed E-state index contributed by atoms with van der Waals surface area (Å²) in [6.07, 6.45) is 2.58. The van der Waals surface area contributed by atoms with E-state index >= 15 is 0 Å². The number of carbonyl (C=O) groups is 2. The Morgan fingerprint density at radius 3 is 2.79 bits per heavy atom. The van der Waals surface area contributed by atoms with E-state index in [1.807, 2.05) is 11.8 Å². The molecule has 0 aromatic heterocycles. The summed E-state index contributed by atoms with van der Waals surface area (Å²) < 4.78 is 19.5. The summed E-state index contributed by atoms with van der Waals surface area (Å²) in [5, 5.41) is 14.7. The molecule has 0 radical (unpaired) electrons. The average Bonchev–Trinajstić information content (AvgIpc) is 3.02. The minimum Gasteiger partial charge on any atom is -0.463 e. The number of hydrogen-bond donors (Lipinski definition) is 2. The molecule has 0 bridgehead atoms. The van der Waals surface area contributed by atoms with Gasteiger partial charge < -0.3 is 20.1 Å². The Morgan fingerprint density at radius 2 is 2.04 bits per heavy atom. The highest BCUT2D eigenvalue weighted by Crippen LogP contribution is 2.49. The lowest BCUT2D eigenvalue weighted by Crippen LogP contribution is -2.65. The molecule has 4 saturated heterocycles. The topological polar surface area (TPSA) is 78.9 Å². The number of fused-ring (bicyclic) bond motifs is 5. The third-order valence-electron chi connectivity index (χ3n) is 8.59. The van der Waals surface area contributed by atoms with Crippen LogP contribution in [0.1, 0.15) is 46.0 Å². The Balaban J connectivity index is 1.41. The SMILES string of the molecule is CC[C@@]1(O)C(=O)OCC2C(=O)N3CC4CC5CC(C)C(F)CC5NC4C3CC21. The van der Waals surface area contributed by atoms with Crippen molar-refractivity contribution in [2.75, 3.05) is 13.2 Å². The first-order valence-electron chi connectivity index (χ1n) is 10.9. The van der Waals surface area contributed by atoms with E-state index in [9.17, 15) is 19.1 Å². The maximum Gasteiger partial charge on any atom is 0.338 e. The molecule has 4 heterocycles. The van der Waals surface area contributed by atoms with Crippen LogP contribution in [0.5, 0.6) is 0 Å². The minimum absolute atomic E-state index is 0.0107. The second-order valence-electron chi connectivity index (χ2n) is 9.90. The van der Waals surface area contributed by atoms with Gasteiger partial charge in [0.25, 0.3) is 0 Å². The van der Waals surface area contributed by atoms with Crippen molar-refractivity contribution in [1.29, 1.82) is 0 Å². The molecule has 0 spiro atoms. The number of carbonyl (C=O) groups excluding carboxylic acids is 2. The number of aliphatic hydroxyl groups is 1. The normalized spacial score (nSPS) is 53.0. The Hall–Kier alpha value is -1.21. The predicted molar refractivity (Wildman–Crippen MR) is 98.9 cm³/mol. The van der Waals surface area contributed by atoms with Crippen molar-refractivity contribution in [1.82, 2.24) is 10.2 Å². The fourth-order valence-corrected chi connectivity index (χ4v) is 6.94. The molecule has 5 aliphatic rings. The third kappa shape index (κ3) is 2.51. The molecule has 28 heavy (non-hydrogen) atoms. The van der Waals surface area contributed by atoms with Gasteiger partial charge in [-0.15, -0.1) is 0 Å². The molecule has 156 valence electrons. The van der Waals surface area contributed by atoms with Crippen molar-refractivity contribution in [3.8, 4) is 0 Å². The Morgan fingerprint density at radius 1 is 1.25 bits per heavy atom. The average molecular weight is 394 g/mol. The van der Waals surface area contributed by atoms with Crippen molar-refractivity contribution in [3.05, 3.63) is 0 Å². The second-order valence-corrected chi connectivity index (χ2v) is 9.90. The molecule has 9 unspecified atom stereocenters. The standard InChI is InChI=1S/C21H31FN2O4/c1-3-21(27)14-6-17-18-12(5-11-4-10(2)15(22)7-16(11)23-18)8-24(17)19(25)13(14)9-28-20(21)26/h10-18,23,27H,3-9H2,1-2H3/t10?,11?,12?,13?,14?,15?,16?,17?,18?,21-/m0/s1. The molecule has 0 aromatic carbocycles. The van der Waals surface area contributed by atoms with Gasteiger partial charge in [-0.2, -0.15) is 0 Å². The Labute approximate surface area is 165 Å². The molecule has 5 rings (SSSR count). The molecule has 6 nitrogen and oxygen atoms in total. The molecular weight excluding hydrogens is 363 g/mol. The monoisotopic (exact) mass is 394 g/mol. The van der Waals surface area contributed by atoms with Crippen LogP contribution in [0.15, 0.2) is 0 Å². The second kappa shape index (κ2) is 6.39. The summed E-state index contributed by atoms with van der Waals surface area (Å²) >= 11 is 0. The van der Waals surface area contributed by atoms with Crippen molar-refractivity contribution in [3.63, 3.8) is 0 Å². The Bertz CT molecular complexity index is 689. The van der Waals surface area contributed by atoms with Gasteiger partial charge in [0.1, 0.15) is 12.8 Å². The zero-order valence-corrected chi connectivity index (χ0v) is 16.6. The van der Waals surface area contributed by atoms with E-state index in [-0.39, 0.29) is 43.0 Å². The van der Waals surface area contributed by atoms with Gasteiger partial charge in [-0.05, 0) is 49.9 Å². The number of esters is 1. The van der Waals surface area contributed by atoms with Gasteiger partial charge in [-0.25, -0.2) is 9.18 Å². The van der Waals surface area contributed by atoms with E-state index < -0.39 is 29.6 Å². The van der Waals surface area contributed by atoms with Gasteiger partial charge in [0, 0.05) is 30.6 Å². The van der Waals surface area contributed by atoms with Crippen LogP contribution in [0.25, 0.3) is 0 Å². The molecular formula is C21H31FN2O4. The lowest BCUT2D eigenvalue weighted by atomic mass is 9.66. The van der Waals surface area contributed by atoms with E-state index in [1.165, 1.54) is 0 Å². The number of nitrogens with one attached hydrogen (secondary N) is 1. The summed E-state index contributed by atoms with van der Waals surface area (Å²) in [5.41, 5.74) is -1.58. The summed E-state index contributed by atoms with van der Waals surface area (Å²) in [4.78, 5) is 27.5. The van der Waals surface area contributed by atoms with E-state index in [0.29, 0.717) is 24.7 Å². The van der Waals surface area contributed by atoms with Gasteiger partial charge in [0.2, 0.25) is 5.91 Å². The number of hydrogen-bond acceptors (Lipinski definition) is 5. The first kappa shape index (κ1) is 18.8. The number of rotatable bonds is 1. The van der Waals surface area contributed by atoms with E-state index in [1.54, 1.807) is 6.92 Å². The quantitative estimate of drug-likeness (QED) is 0.655. The summed E-state index contributed by atoms with van der Waals surface area (Å²) in [7, 11) is 0. The van der Waals surface area contributed by atoms with Gasteiger partial charge in [0.15, 0.2) is 5.60 Å². The first-order chi connectivity index (χ1) is 13.3. The van der Waals surface area contributed by atoms with Crippen molar-refractivity contribution < 1.29 is 23.8 Å². The molecule has 0 aromatic rings. The van der Waals surface area contributed by atoms with E-state index in [2.05, 4.69) is 5.32 Å². The van der Waals surface area contributed by atoms with Crippen molar-refractivity contribution in [2.24, 2.45) is 29.6 Å². The van der Waals surface area contributed by atoms with Crippen LogP contribution in [0, 0.1) is 29.6 Å². The largest absolute Gasteiger partial charge is 0.463 e. The van der Waals surface area contributed by atoms with E-state index in [4.69, 9.17) is 4.74 Å². The number of nitrogens with zero attached hydrogens (tertiary/aromatic N) is 1. The molecule has 5 fully saturated rings. The molecule has 1 aliphatic carbocycles. The highest BCUT2D eigenvalue weighted by atomic mass is 19.1. The zero-order chi connectivity index (χ0) is 19.8. The van der Waals surface area contributed by atoms with Crippen molar-refractivity contribution in [2.45, 2.75) is 75.8 Å². The van der Waals surface area contributed by atoms with Crippen LogP contribution in [-0.4, -0.2) is 64.9 Å². The highest BCUT2D eigenvalue weighted by Gasteiger charge is 2.61. The molecule has 1 amide bonds. The zero-order valence-electron chi connectivity index (χ0n) is 16.6. The Kier molecular flexibility index (Phi) is 4.29. The molecule has 4 aliphatic heterocycles. The van der Waals surface area contributed by atoms with E-state index in [0.717, 1.165) is 19.4 Å². The number of halogens is 1. The smallest absolute Gasteiger partial charge is 0.338 e. The number of amides is 1. The van der Waals surface area contributed by atoms with Crippen LogP contribution in [-0.2, 0) is 14.3 Å². The molecule has 1 saturated carbocycles. The fraction of sp³-hybridized carbons (Fsp3) is 0.905.